The Balaban J connectivity index is 1.59. The first-order valence-electron chi connectivity index (χ1n) is 9.71. The van der Waals surface area contributed by atoms with E-state index in [0.29, 0.717) is 11.3 Å². The number of nitrogens with one attached hydrogen (secondary N) is 1. The molecule has 0 radical (unpaired) electrons. The molecule has 8 heteroatoms. The molecule has 150 valence electrons. The maximum absolute atomic E-state index is 12.8. The van der Waals surface area contributed by atoms with Gasteiger partial charge in [0.1, 0.15) is 0 Å². The Hall–Kier alpha value is -2.35. The molecular formula is C20H25N3O4S. The van der Waals surface area contributed by atoms with E-state index in [1.54, 1.807) is 12.2 Å². The van der Waals surface area contributed by atoms with Crippen LogP contribution in [0.3, 0.4) is 0 Å². The maximum atomic E-state index is 12.8. The van der Waals surface area contributed by atoms with E-state index in [1.807, 2.05) is 0 Å². The molecule has 1 unspecified atom stereocenters. The van der Waals surface area contributed by atoms with Gasteiger partial charge in [0, 0.05) is 19.0 Å². The summed E-state index contributed by atoms with van der Waals surface area (Å²) < 4.78 is 4.69. The van der Waals surface area contributed by atoms with E-state index in [4.69, 9.17) is 17.0 Å². The molecule has 28 heavy (non-hydrogen) atoms. The van der Waals surface area contributed by atoms with Gasteiger partial charge in [0.25, 0.3) is 0 Å². The molecule has 1 heterocycles. The van der Waals surface area contributed by atoms with Gasteiger partial charge in [-0.05, 0) is 31.1 Å². The quantitative estimate of drug-likeness (QED) is 0.431. The predicted molar refractivity (Wildman–Crippen MR) is 109 cm³/mol. The minimum absolute atomic E-state index is 0.0654. The molecule has 2 amide bonds. The minimum Gasteiger partial charge on any atom is -0.465 e. The van der Waals surface area contributed by atoms with E-state index in [9.17, 15) is 14.4 Å². The number of thiocarbonyl (C=S) groups is 1. The lowest BCUT2D eigenvalue weighted by atomic mass is 9.92. The van der Waals surface area contributed by atoms with Crippen molar-refractivity contribution in [2.45, 2.75) is 51.0 Å². The molecule has 1 N–H and O–H groups in total. The normalized spacial score (nSPS) is 22.8. The zero-order chi connectivity index (χ0) is 20.1. The molecule has 0 aromatic heterocycles. The number of nitrogens with zero attached hydrogens (tertiary/aromatic N) is 2. The molecule has 1 saturated carbocycles. The zero-order valence-electron chi connectivity index (χ0n) is 16.0. The van der Waals surface area contributed by atoms with Crippen molar-refractivity contribution in [2.75, 3.05) is 13.7 Å². The van der Waals surface area contributed by atoms with Crippen LogP contribution in [0, 0.1) is 5.92 Å². The van der Waals surface area contributed by atoms with Crippen LogP contribution >= 0.6 is 12.2 Å². The van der Waals surface area contributed by atoms with Gasteiger partial charge in [-0.15, -0.1) is 0 Å². The summed E-state index contributed by atoms with van der Waals surface area (Å²) in [5.74, 6) is -1.38. The molecule has 0 aromatic rings. The van der Waals surface area contributed by atoms with E-state index >= 15 is 0 Å². The number of hydrogen-bond acceptors (Lipinski definition) is 5. The fourth-order valence-electron chi connectivity index (χ4n) is 3.73. The van der Waals surface area contributed by atoms with Crippen LogP contribution in [-0.4, -0.2) is 53.2 Å². The number of allylic oxidation sites excluding steroid dienone is 1. The summed E-state index contributed by atoms with van der Waals surface area (Å²) in [7, 11) is 1.30. The van der Waals surface area contributed by atoms with Gasteiger partial charge in [-0.2, -0.15) is 0 Å². The summed E-state index contributed by atoms with van der Waals surface area (Å²) in [6.45, 7) is 0.199. The fourth-order valence-corrected chi connectivity index (χ4v) is 4.01. The van der Waals surface area contributed by atoms with Crippen LogP contribution in [0.1, 0.15) is 44.9 Å². The van der Waals surface area contributed by atoms with Crippen molar-refractivity contribution >= 4 is 40.8 Å². The Morgan fingerprint density at radius 3 is 2.68 bits per heavy atom. The summed E-state index contributed by atoms with van der Waals surface area (Å²) in [6.07, 6.45) is 11.7. The van der Waals surface area contributed by atoms with Crippen LogP contribution < -0.4 is 5.32 Å². The number of rotatable bonds is 5. The lowest BCUT2D eigenvalue weighted by Gasteiger charge is -2.30. The van der Waals surface area contributed by atoms with Crippen molar-refractivity contribution in [1.29, 1.82) is 0 Å². The predicted octanol–water partition coefficient (Wildman–Crippen LogP) is 2.07. The number of carbonyl (C=O) groups excluding carboxylic acids is 3. The van der Waals surface area contributed by atoms with E-state index in [0.717, 1.165) is 25.7 Å². The number of methoxy groups -OCH3 is 1. The second-order valence-electron chi connectivity index (χ2n) is 7.24. The molecule has 2 aliphatic carbocycles. The number of esters is 1. The topological polar surface area (TPSA) is 88.1 Å². The highest BCUT2D eigenvalue weighted by Crippen LogP contribution is 2.23. The van der Waals surface area contributed by atoms with Gasteiger partial charge >= 0.3 is 5.97 Å². The third kappa shape index (κ3) is 4.73. The highest BCUT2D eigenvalue weighted by atomic mass is 32.1. The third-order valence-electron chi connectivity index (χ3n) is 5.28. The molecule has 7 nitrogen and oxygen atoms in total. The van der Waals surface area contributed by atoms with Gasteiger partial charge < -0.3 is 10.1 Å². The lowest BCUT2D eigenvalue weighted by molar-refractivity contribution is -0.136. The van der Waals surface area contributed by atoms with E-state index < -0.39 is 11.9 Å². The Labute approximate surface area is 169 Å². The van der Waals surface area contributed by atoms with Crippen molar-refractivity contribution in [3.63, 3.8) is 0 Å². The fraction of sp³-hybridized carbons (Fsp3) is 0.550. The van der Waals surface area contributed by atoms with Crippen molar-refractivity contribution in [1.82, 2.24) is 10.2 Å². The minimum atomic E-state index is -0.593. The SMILES string of the molecule is COC(=O)C1=CC2=NC(=S)N(CCC(=O)NC3CCCCCC3)C(=O)C2C=C1. The Bertz CT molecular complexity index is 763. The first-order chi connectivity index (χ1) is 13.5. The van der Waals surface area contributed by atoms with Crippen LogP contribution in [0.15, 0.2) is 28.8 Å². The second kappa shape index (κ2) is 9.23. The second-order valence-corrected chi connectivity index (χ2v) is 7.61. The Kier molecular flexibility index (Phi) is 6.72. The molecule has 1 atom stereocenters. The number of carbonyl (C=O) groups is 3. The van der Waals surface area contributed by atoms with Gasteiger partial charge in [-0.25, -0.2) is 9.79 Å². The van der Waals surface area contributed by atoms with Crippen LogP contribution in [0.4, 0.5) is 0 Å². The molecular weight excluding hydrogens is 378 g/mol. The Morgan fingerprint density at radius 1 is 1.29 bits per heavy atom. The number of amides is 2. The molecule has 3 rings (SSSR count). The molecule has 0 bridgehead atoms. The Morgan fingerprint density at radius 2 is 2.00 bits per heavy atom. The van der Waals surface area contributed by atoms with E-state index in [1.165, 1.54) is 30.9 Å². The molecule has 0 aromatic carbocycles. The van der Waals surface area contributed by atoms with E-state index in [-0.39, 0.29) is 35.9 Å². The summed E-state index contributed by atoms with van der Waals surface area (Å²) in [4.78, 5) is 42.4. The number of fused-ring (bicyclic) bond motifs is 1. The highest BCUT2D eigenvalue weighted by molar-refractivity contribution is 7.80. The molecule has 0 spiro atoms. The molecule has 1 aliphatic heterocycles. The van der Waals surface area contributed by atoms with Gasteiger partial charge in [0.05, 0.1) is 24.3 Å². The van der Waals surface area contributed by atoms with Gasteiger partial charge in [0.2, 0.25) is 16.9 Å². The van der Waals surface area contributed by atoms with Crippen molar-refractivity contribution in [3.05, 3.63) is 23.8 Å². The van der Waals surface area contributed by atoms with E-state index in [2.05, 4.69) is 10.3 Å². The van der Waals surface area contributed by atoms with Crippen molar-refractivity contribution in [3.8, 4) is 0 Å². The third-order valence-corrected chi connectivity index (χ3v) is 5.59. The summed E-state index contributed by atoms with van der Waals surface area (Å²) in [5, 5.41) is 3.20. The van der Waals surface area contributed by atoms with Crippen molar-refractivity contribution < 1.29 is 19.1 Å². The number of hydrogen-bond donors (Lipinski definition) is 1. The van der Waals surface area contributed by atoms with Crippen LogP contribution in [0.2, 0.25) is 0 Å². The monoisotopic (exact) mass is 403 g/mol. The first kappa shape index (κ1) is 20.4. The average molecular weight is 404 g/mol. The summed E-state index contributed by atoms with van der Waals surface area (Å²) in [6, 6.07) is 0.229. The number of ether oxygens (including phenoxy) is 1. The lowest BCUT2D eigenvalue weighted by Crippen LogP contribution is -2.47. The van der Waals surface area contributed by atoms with Crippen LogP contribution in [0.25, 0.3) is 0 Å². The van der Waals surface area contributed by atoms with Crippen molar-refractivity contribution in [2.24, 2.45) is 10.9 Å². The smallest absolute Gasteiger partial charge is 0.337 e. The zero-order valence-corrected chi connectivity index (χ0v) is 16.8. The maximum Gasteiger partial charge on any atom is 0.337 e. The standard InChI is InChI=1S/C20H25N3O4S/c1-27-19(26)13-8-9-15-16(12-13)22-20(28)23(18(15)25)11-10-17(24)21-14-6-4-2-3-5-7-14/h8-9,12,14-15H,2-7,10-11H2,1H3,(H,21,24). The summed E-state index contributed by atoms with van der Waals surface area (Å²) >= 11 is 5.25. The average Bonchev–Trinajstić information content (AvgIpc) is 2.95. The van der Waals surface area contributed by atoms with Gasteiger partial charge in [-0.3, -0.25) is 14.5 Å². The molecule has 0 saturated heterocycles. The summed E-state index contributed by atoms with van der Waals surface area (Å²) in [5.41, 5.74) is 0.751. The largest absolute Gasteiger partial charge is 0.465 e. The number of aliphatic imine (C=N–C) groups is 1. The molecule has 3 aliphatic rings. The molecule has 1 fully saturated rings. The first-order valence-corrected chi connectivity index (χ1v) is 10.1. The van der Waals surface area contributed by atoms with Gasteiger partial charge in [0.15, 0.2) is 0 Å². The van der Waals surface area contributed by atoms with Crippen LogP contribution in [-0.2, 0) is 19.1 Å². The van der Waals surface area contributed by atoms with Crippen LogP contribution in [0.5, 0.6) is 0 Å². The highest BCUT2D eigenvalue weighted by Gasteiger charge is 2.35. The van der Waals surface area contributed by atoms with Gasteiger partial charge in [-0.1, -0.05) is 37.8 Å².